The minimum atomic E-state index is 0.409. The van der Waals surface area contributed by atoms with Crippen molar-refractivity contribution in [2.24, 2.45) is 5.92 Å². The normalized spacial score (nSPS) is 18.1. The van der Waals surface area contributed by atoms with Gasteiger partial charge in [0.05, 0.1) is 0 Å². The Morgan fingerprint density at radius 1 is 0.659 bits per heavy atom. The van der Waals surface area contributed by atoms with Crippen LogP contribution in [0.1, 0.15) is 35.1 Å². The first kappa shape index (κ1) is 25.2. The summed E-state index contributed by atoms with van der Waals surface area (Å²) in [5.41, 5.74) is 17.9. The first-order chi connectivity index (χ1) is 21.8. The highest BCUT2D eigenvalue weighted by atomic mass is 14.6. The number of hydrogen-bond donors (Lipinski definition) is 0. The third-order valence-electron chi connectivity index (χ3n) is 9.89. The number of fused-ring (bicyclic) bond motifs is 6. The van der Waals surface area contributed by atoms with Crippen molar-refractivity contribution in [3.8, 4) is 22.3 Å². The number of allylic oxidation sites excluding steroid dienone is 12. The monoisotopic (exact) mass is 561 g/mol. The Labute approximate surface area is 258 Å². The van der Waals surface area contributed by atoms with E-state index in [9.17, 15) is 0 Å². The van der Waals surface area contributed by atoms with E-state index in [1.165, 1.54) is 83.1 Å². The van der Waals surface area contributed by atoms with Crippen molar-refractivity contribution < 1.29 is 0 Å². The van der Waals surface area contributed by atoms with E-state index in [-0.39, 0.29) is 0 Å². The highest BCUT2D eigenvalue weighted by Gasteiger charge is 2.28. The molecule has 9 rings (SSSR count). The largest absolute Gasteiger partial charge is 0.264 e. The Balaban J connectivity index is 1.08. The maximum Gasteiger partial charge on any atom is 0.0346 e. The van der Waals surface area contributed by atoms with Crippen LogP contribution in [-0.2, 0) is 6.42 Å². The molecular formula is C43H31N. The van der Waals surface area contributed by atoms with Crippen LogP contribution in [0.15, 0.2) is 163 Å². The van der Waals surface area contributed by atoms with Gasteiger partial charge in [-0.15, -0.1) is 0 Å². The maximum absolute atomic E-state index is 4.37. The minimum Gasteiger partial charge on any atom is -0.264 e. The van der Waals surface area contributed by atoms with Gasteiger partial charge in [-0.25, -0.2) is 0 Å². The molecule has 0 aliphatic heterocycles. The number of pyridine rings is 1. The van der Waals surface area contributed by atoms with E-state index in [1.807, 2.05) is 12.4 Å². The van der Waals surface area contributed by atoms with Gasteiger partial charge in [-0.2, -0.15) is 0 Å². The van der Waals surface area contributed by atoms with Crippen LogP contribution in [-0.4, -0.2) is 4.98 Å². The lowest BCUT2D eigenvalue weighted by atomic mass is 9.74. The van der Waals surface area contributed by atoms with Crippen molar-refractivity contribution in [1.82, 2.24) is 4.98 Å². The van der Waals surface area contributed by atoms with E-state index >= 15 is 0 Å². The van der Waals surface area contributed by atoms with Crippen molar-refractivity contribution in [1.29, 1.82) is 0 Å². The summed E-state index contributed by atoms with van der Waals surface area (Å²) in [4.78, 5) is 4.37. The molecule has 0 saturated heterocycles. The minimum absolute atomic E-state index is 0.409. The summed E-state index contributed by atoms with van der Waals surface area (Å²) in [5.74, 6) is 0.409. The maximum atomic E-state index is 4.37. The lowest BCUT2D eigenvalue weighted by Gasteiger charge is -2.30. The van der Waals surface area contributed by atoms with Crippen LogP contribution in [0.5, 0.6) is 0 Å². The number of benzene rings is 4. The zero-order valence-corrected chi connectivity index (χ0v) is 24.5. The molecule has 0 fully saturated rings. The second-order valence-corrected chi connectivity index (χ2v) is 12.3. The van der Waals surface area contributed by atoms with Crippen molar-refractivity contribution >= 4 is 21.9 Å². The topological polar surface area (TPSA) is 12.9 Å². The third-order valence-corrected chi connectivity index (χ3v) is 9.89. The fraction of sp³-hybridized carbons (Fsp3) is 0.0930. The average molecular weight is 562 g/mol. The molecule has 4 aliphatic rings. The number of rotatable bonds is 3. The first-order valence-electron chi connectivity index (χ1n) is 15.6. The molecule has 0 spiro atoms. The van der Waals surface area contributed by atoms with Gasteiger partial charge >= 0.3 is 0 Å². The summed E-state index contributed by atoms with van der Waals surface area (Å²) in [7, 11) is 0. The number of hydrogen-bond acceptors (Lipinski definition) is 1. The Bertz CT molecular complexity index is 2180. The molecule has 4 aliphatic carbocycles. The summed E-state index contributed by atoms with van der Waals surface area (Å²) in [6.07, 6.45) is 23.3. The van der Waals surface area contributed by atoms with Crippen LogP contribution >= 0.6 is 0 Å². The molecule has 1 unspecified atom stereocenters. The van der Waals surface area contributed by atoms with E-state index in [4.69, 9.17) is 0 Å². The molecule has 1 aromatic heterocycles. The Morgan fingerprint density at radius 2 is 1.55 bits per heavy atom. The summed E-state index contributed by atoms with van der Waals surface area (Å²) in [6.45, 7) is 0. The van der Waals surface area contributed by atoms with Crippen LogP contribution in [0.2, 0.25) is 0 Å². The van der Waals surface area contributed by atoms with E-state index < -0.39 is 0 Å². The van der Waals surface area contributed by atoms with Gasteiger partial charge < -0.3 is 0 Å². The number of aromatic nitrogens is 1. The van der Waals surface area contributed by atoms with E-state index in [2.05, 4.69) is 139 Å². The molecule has 1 atom stereocenters. The molecular weight excluding hydrogens is 530 g/mol. The summed E-state index contributed by atoms with van der Waals surface area (Å²) in [5, 5.41) is 2.43. The Kier molecular flexibility index (Phi) is 5.84. The highest BCUT2D eigenvalue weighted by Crippen LogP contribution is 2.47. The second kappa shape index (κ2) is 10.2. The highest BCUT2D eigenvalue weighted by molar-refractivity contribution is 6.02. The van der Waals surface area contributed by atoms with Crippen molar-refractivity contribution in [3.05, 3.63) is 185 Å². The first-order valence-corrected chi connectivity index (χ1v) is 15.6. The zero-order chi connectivity index (χ0) is 29.0. The number of nitrogens with zero attached hydrogens (tertiary/aromatic N) is 1. The van der Waals surface area contributed by atoms with Crippen LogP contribution in [0, 0.1) is 5.92 Å². The molecule has 44 heavy (non-hydrogen) atoms. The zero-order valence-electron chi connectivity index (χ0n) is 24.5. The van der Waals surface area contributed by atoms with Crippen LogP contribution in [0.25, 0.3) is 44.2 Å². The molecule has 0 bridgehead atoms. The standard InChI is InChI=1S/C43H31N/c1-2-6-28(7-3-1)29-12-13-30-14-15-31-16-17-32(25-41(31)37(30)21-20-29)33-18-19-34-24-35-8-4-11-40(43(35)42(34)26-33)39-10-5-9-36-27-44-23-22-38(36)39/h1-20,22-23,26-27,41H,21,24-25H2. The van der Waals surface area contributed by atoms with Crippen LogP contribution in [0.4, 0.5) is 0 Å². The third kappa shape index (κ3) is 4.12. The summed E-state index contributed by atoms with van der Waals surface area (Å²) in [6, 6.07) is 33.5. The molecule has 1 heteroatoms. The van der Waals surface area contributed by atoms with Crippen molar-refractivity contribution in [2.75, 3.05) is 0 Å². The molecule has 4 aromatic carbocycles. The molecule has 0 saturated carbocycles. The van der Waals surface area contributed by atoms with Gasteiger partial charge in [0, 0.05) is 23.7 Å². The predicted octanol–water partition coefficient (Wildman–Crippen LogP) is 10.7. The smallest absolute Gasteiger partial charge is 0.0346 e. The Morgan fingerprint density at radius 3 is 2.50 bits per heavy atom. The van der Waals surface area contributed by atoms with Crippen LogP contribution < -0.4 is 0 Å². The molecule has 0 N–H and O–H groups in total. The van der Waals surface area contributed by atoms with Crippen LogP contribution in [0.3, 0.4) is 0 Å². The van der Waals surface area contributed by atoms with Crippen molar-refractivity contribution in [2.45, 2.75) is 19.3 Å². The summed E-state index contributed by atoms with van der Waals surface area (Å²) < 4.78 is 0. The van der Waals surface area contributed by atoms with Gasteiger partial charge in [0.1, 0.15) is 0 Å². The van der Waals surface area contributed by atoms with Gasteiger partial charge in [0.2, 0.25) is 0 Å². The van der Waals surface area contributed by atoms with E-state index in [1.54, 1.807) is 0 Å². The van der Waals surface area contributed by atoms with Crippen molar-refractivity contribution in [3.63, 3.8) is 0 Å². The molecule has 1 nitrogen and oxygen atoms in total. The fourth-order valence-electron chi connectivity index (χ4n) is 7.67. The van der Waals surface area contributed by atoms with Gasteiger partial charge in [-0.3, -0.25) is 4.98 Å². The molecule has 0 amide bonds. The molecule has 0 radical (unpaired) electrons. The second-order valence-electron chi connectivity index (χ2n) is 12.3. The van der Waals surface area contributed by atoms with Gasteiger partial charge in [-0.1, -0.05) is 127 Å². The lowest BCUT2D eigenvalue weighted by Crippen LogP contribution is -2.14. The van der Waals surface area contributed by atoms with E-state index in [0.717, 1.165) is 19.3 Å². The predicted molar refractivity (Wildman–Crippen MR) is 184 cm³/mol. The average Bonchev–Trinajstić information content (AvgIpc) is 3.32. The van der Waals surface area contributed by atoms with Gasteiger partial charge in [-0.05, 0) is 104 Å². The lowest BCUT2D eigenvalue weighted by molar-refractivity contribution is 0.716. The Hall–Kier alpha value is -5.27. The molecule has 1 heterocycles. The molecule has 208 valence electrons. The van der Waals surface area contributed by atoms with Gasteiger partial charge in [0.15, 0.2) is 0 Å². The SMILES string of the molecule is C1=CC2=C(CC=C1c1ccccc1)C1CC(c3ccc4c(c3)-c3c(cccc3-c3cccc5cnccc35)C4)=CC=C1C=C2. The molecule has 5 aromatic rings. The summed E-state index contributed by atoms with van der Waals surface area (Å²) >= 11 is 0. The quantitative estimate of drug-likeness (QED) is 0.209. The van der Waals surface area contributed by atoms with E-state index in [0.29, 0.717) is 5.92 Å². The van der Waals surface area contributed by atoms with Gasteiger partial charge in [0.25, 0.3) is 0 Å². The fourth-order valence-corrected chi connectivity index (χ4v) is 7.67.